The second kappa shape index (κ2) is 4.33. The average molecular weight is 235 g/mol. The van der Waals surface area contributed by atoms with E-state index in [4.69, 9.17) is 14.7 Å². The smallest absolute Gasteiger partial charge is 0.228 e. The molecular formula is C12H17N3O2. The Kier molecular flexibility index (Phi) is 3.02. The molecule has 2 rings (SSSR count). The van der Waals surface area contributed by atoms with Crippen LogP contribution in [-0.4, -0.2) is 16.2 Å². The van der Waals surface area contributed by atoms with Gasteiger partial charge >= 0.3 is 0 Å². The zero-order valence-electron chi connectivity index (χ0n) is 10.3. The van der Waals surface area contributed by atoms with E-state index in [2.05, 4.69) is 30.9 Å². The number of aromatic nitrogens is 2. The Labute approximate surface area is 100.0 Å². The standard InChI is InChI=1S/C12H17N3O2/c1-12(2,3)9(13)6-10-14-11(15-17-10)8-4-5-16-7-8/h4-5,7,9H,6,13H2,1-3H3. The fourth-order valence-electron chi connectivity index (χ4n) is 1.34. The van der Waals surface area contributed by atoms with Crippen molar-refractivity contribution in [3.63, 3.8) is 0 Å². The summed E-state index contributed by atoms with van der Waals surface area (Å²) in [5.41, 5.74) is 6.89. The first-order valence-electron chi connectivity index (χ1n) is 5.57. The van der Waals surface area contributed by atoms with Crippen molar-refractivity contribution >= 4 is 0 Å². The van der Waals surface area contributed by atoms with E-state index in [0.717, 1.165) is 5.56 Å². The molecule has 0 aliphatic heterocycles. The van der Waals surface area contributed by atoms with Crippen LogP contribution in [0.5, 0.6) is 0 Å². The molecule has 0 aliphatic rings. The first kappa shape index (κ1) is 11.9. The molecule has 0 radical (unpaired) electrons. The van der Waals surface area contributed by atoms with Crippen molar-refractivity contribution in [2.45, 2.75) is 33.2 Å². The van der Waals surface area contributed by atoms with Crippen LogP contribution in [0.3, 0.4) is 0 Å². The predicted octanol–water partition coefficient (Wildman–Crippen LogP) is 2.25. The molecule has 2 N–H and O–H groups in total. The molecule has 2 heterocycles. The predicted molar refractivity (Wildman–Crippen MR) is 63.1 cm³/mol. The molecule has 0 saturated carbocycles. The van der Waals surface area contributed by atoms with Gasteiger partial charge in [0.1, 0.15) is 6.26 Å². The second-order valence-corrected chi connectivity index (χ2v) is 5.20. The maximum Gasteiger partial charge on any atom is 0.228 e. The molecule has 5 nitrogen and oxygen atoms in total. The summed E-state index contributed by atoms with van der Waals surface area (Å²) in [5, 5.41) is 3.89. The lowest BCUT2D eigenvalue weighted by molar-refractivity contribution is 0.286. The normalized spacial score (nSPS) is 13.9. The third-order valence-electron chi connectivity index (χ3n) is 2.75. The Balaban J connectivity index is 2.09. The average Bonchev–Trinajstić information content (AvgIpc) is 2.83. The van der Waals surface area contributed by atoms with Crippen molar-refractivity contribution in [2.24, 2.45) is 11.1 Å². The molecule has 0 fully saturated rings. The van der Waals surface area contributed by atoms with E-state index in [9.17, 15) is 0 Å². The largest absolute Gasteiger partial charge is 0.472 e. The summed E-state index contributed by atoms with van der Waals surface area (Å²) in [6, 6.07) is 1.78. The highest BCUT2D eigenvalue weighted by molar-refractivity contribution is 5.51. The van der Waals surface area contributed by atoms with Crippen LogP contribution in [-0.2, 0) is 6.42 Å². The summed E-state index contributed by atoms with van der Waals surface area (Å²) < 4.78 is 10.1. The van der Waals surface area contributed by atoms with E-state index in [0.29, 0.717) is 18.1 Å². The van der Waals surface area contributed by atoms with Gasteiger partial charge in [0.05, 0.1) is 11.8 Å². The summed E-state index contributed by atoms with van der Waals surface area (Å²) in [5.74, 6) is 1.10. The summed E-state index contributed by atoms with van der Waals surface area (Å²) in [6.45, 7) is 6.26. The fraction of sp³-hybridized carbons (Fsp3) is 0.500. The molecule has 1 unspecified atom stereocenters. The highest BCUT2D eigenvalue weighted by Crippen LogP contribution is 2.21. The Bertz CT molecular complexity index is 468. The van der Waals surface area contributed by atoms with Gasteiger partial charge in [-0.2, -0.15) is 4.98 Å². The summed E-state index contributed by atoms with van der Waals surface area (Å²) in [7, 11) is 0. The van der Waals surface area contributed by atoms with E-state index in [1.807, 2.05) is 0 Å². The topological polar surface area (TPSA) is 78.1 Å². The number of nitrogens with two attached hydrogens (primary N) is 1. The molecule has 1 atom stereocenters. The molecule has 92 valence electrons. The van der Waals surface area contributed by atoms with Crippen molar-refractivity contribution in [2.75, 3.05) is 0 Å². The lowest BCUT2D eigenvalue weighted by Gasteiger charge is -2.25. The third-order valence-corrected chi connectivity index (χ3v) is 2.75. The minimum atomic E-state index is -0.0138. The molecule has 0 bridgehead atoms. The summed E-state index contributed by atoms with van der Waals surface area (Å²) in [4.78, 5) is 4.29. The van der Waals surface area contributed by atoms with Gasteiger partial charge in [-0.3, -0.25) is 0 Å². The minimum absolute atomic E-state index is 0.0138. The van der Waals surface area contributed by atoms with Crippen LogP contribution in [0.4, 0.5) is 0 Å². The number of nitrogens with zero attached hydrogens (tertiary/aromatic N) is 2. The molecule has 5 heteroatoms. The fourth-order valence-corrected chi connectivity index (χ4v) is 1.34. The van der Waals surface area contributed by atoms with Gasteiger partial charge in [0.25, 0.3) is 0 Å². The SMILES string of the molecule is CC(C)(C)C(N)Cc1nc(-c2ccoc2)no1. The van der Waals surface area contributed by atoms with Crippen LogP contribution in [0.1, 0.15) is 26.7 Å². The number of hydrogen-bond donors (Lipinski definition) is 1. The molecule has 0 aliphatic carbocycles. The lowest BCUT2D eigenvalue weighted by atomic mass is 9.85. The van der Waals surface area contributed by atoms with Crippen molar-refractivity contribution in [3.05, 3.63) is 24.5 Å². The summed E-state index contributed by atoms with van der Waals surface area (Å²) >= 11 is 0. The van der Waals surface area contributed by atoms with Gasteiger partial charge in [0.2, 0.25) is 11.7 Å². The zero-order chi connectivity index (χ0) is 12.5. The van der Waals surface area contributed by atoms with E-state index < -0.39 is 0 Å². The van der Waals surface area contributed by atoms with Gasteiger partial charge in [0, 0.05) is 12.5 Å². The van der Waals surface area contributed by atoms with Crippen LogP contribution in [0.2, 0.25) is 0 Å². The molecule has 0 spiro atoms. The first-order chi connectivity index (χ1) is 7.97. The molecule has 17 heavy (non-hydrogen) atoms. The highest BCUT2D eigenvalue weighted by atomic mass is 16.5. The highest BCUT2D eigenvalue weighted by Gasteiger charge is 2.23. The maximum atomic E-state index is 6.06. The van der Waals surface area contributed by atoms with Gasteiger partial charge in [-0.05, 0) is 11.5 Å². The van der Waals surface area contributed by atoms with E-state index in [-0.39, 0.29) is 11.5 Å². The Morgan fingerprint density at radius 3 is 2.76 bits per heavy atom. The third kappa shape index (κ3) is 2.74. The molecule has 2 aromatic heterocycles. The maximum absolute atomic E-state index is 6.06. The number of furan rings is 1. The van der Waals surface area contributed by atoms with E-state index in [1.54, 1.807) is 18.6 Å². The Morgan fingerprint density at radius 1 is 1.41 bits per heavy atom. The second-order valence-electron chi connectivity index (χ2n) is 5.20. The van der Waals surface area contributed by atoms with Gasteiger partial charge in [-0.15, -0.1) is 0 Å². The molecule has 2 aromatic rings. The number of hydrogen-bond acceptors (Lipinski definition) is 5. The van der Waals surface area contributed by atoms with Crippen LogP contribution in [0, 0.1) is 5.41 Å². The molecule has 0 amide bonds. The van der Waals surface area contributed by atoms with Gasteiger partial charge in [0.15, 0.2) is 0 Å². The van der Waals surface area contributed by atoms with Crippen molar-refractivity contribution < 1.29 is 8.94 Å². The van der Waals surface area contributed by atoms with Crippen LogP contribution < -0.4 is 5.73 Å². The van der Waals surface area contributed by atoms with Crippen molar-refractivity contribution in [1.82, 2.24) is 10.1 Å². The summed E-state index contributed by atoms with van der Waals surface area (Å²) in [6.07, 6.45) is 3.74. The van der Waals surface area contributed by atoms with Gasteiger partial charge < -0.3 is 14.7 Å². The first-order valence-corrected chi connectivity index (χ1v) is 5.57. The Morgan fingerprint density at radius 2 is 2.18 bits per heavy atom. The van der Waals surface area contributed by atoms with Gasteiger partial charge in [-0.25, -0.2) is 0 Å². The monoisotopic (exact) mass is 235 g/mol. The minimum Gasteiger partial charge on any atom is -0.472 e. The quantitative estimate of drug-likeness (QED) is 0.882. The lowest BCUT2D eigenvalue weighted by Crippen LogP contribution is -2.36. The van der Waals surface area contributed by atoms with Crippen molar-refractivity contribution in [1.29, 1.82) is 0 Å². The molecule has 0 aromatic carbocycles. The van der Waals surface area contributed by atoms with Crippen LogP contribution >= 0.6 is 0 Å². The van der Waals surface area contributed by atoms with Crippen LogP contribution in [0.15, 0.2) is 27.5 Å². The number of rotatable bonds is 3. The molecule has 0 saturated heterocycles. The Hall–Kier alpha value is -1.62. The zero-order valence-corrected chi connectivity index (χ0v) is 10.3. The van der Waals surface area contributed by atoms with Gasteiger partial charge in [-0.1, -0.05) is 25.9 Å². The van der Waals surface area contributed by atoms with E-state index in [1.165, 1.54) is 0 Å². The van der Waals surface area contributed by atoms with Crippen molar-refractivity contribution in [3.8, 4) is 11.4 Å². The molecular weight excluding hydrogens is 218 g/mol. The van der Waals surface area contributed by atoms with E-state index >= 15 is 0 Å². The van der Waals surface area contributed by atoms with Crippen LogP contribution in [0.25, 0.3) is 11.4 Å².